The molecule has 0 bridgehead atoms. The first-order chi connectivity index (χ1) is 14.7. The van der Waals surface area contributed by atoms with E-state index in [1.165, 1.54) is 43.5 Å². The van der Waals surface area contributed by atoms with E-state index in [9.17, 15) is 4.79 Å². The second-order valence-electron chi connectivity index (χ2n) is 8.18. The number of likely N-dealkylation sites (tertiary alicyclic amines) is 2. The maximum Gasteiger partial charge on any atom is 0.409 e. The van der Waals surface area contributed by atoms with Crippen molar-refractivity contribution < 1.29 is 9.53 Å². The Morgan fingerprint density at radius 3 is 2.37 bits per heavy atom. The van der Waals surface area contributed by atoms with Crippen LogP contribution in [0.1, 0.15) is 50.2 Å². The predicted molar refractivity (Wildman–Crippen MR) is 121 cm³/mol. The van der Waals surface area contributed by atoms with Crippen LogP contribution in [0.5, 0.6) is 0 Å². The largest absolute Gasteiger partial charge is 0.450 e. The number of benzene rings is 1. The van der Waals surface area contributed by atoms with Crippen LogP contribution in [0.15, 0.2) is 29.3 Å². The monoisotopic (exact) mass is 415 g/mol. The highest BCUT2D eigenvalue weighted by molar-refractivity contribution is 5.80. The number of amides is 1. The minimum atomic E-state index is -0.206. The van der Waals surface area contributed by atoms with E-state index in [0.29, 0.717) is 25.7 Å². The van der Waals surface area contributed by atoms with Crippen molar-refractivity contribution in [1.29, 1.82) is 0 Å². The van der Waals surface area contributed by atoms with Crippen molar-refractivity contribution in [2.75, 3.05) is 39.8 Å². The van der Waals surface area contributed by atoms with Crippen molar-refractivity contribution >= 4 is 12.1 Å². The highest BCUT2D eigenvalue weighted by Crippen LogP contribution is 2.14. The summed E-state index contributed by atoms with van der Waals surface area (Å²) >= 11 is 0. The Morgan fingerprint density at radius 1 is 1.07 bits per heavy atom. The van der Waals surface area contributed by atoms with E-state index in [2.05, 4.69) is 44.8 Å². The van der Waals surface area contributed by atoms with Gasteiger partial charge in [-0.25, -0.2) is 4.79 Å². The fraction of sp³-hybridized carbons (Fsp3) is 0.652. The molecule has 0 spiro atoms. The first-order valence-electron chi connectivity index (χ1n) is 11.4. The van der Waals surface area contributed by atoms with Crippen LogP contribution in [0.4, 0.5) is 4.79 Å². The number of nitrogens with zero attached hydrogens (tertiary/aromatic N) is 3. The zero-order valence-corrected chi connectivity index (χ0v) is 18.5. The van der Waals surface area contributed by atoms with Crippen molar-refractivity contribution in [3.05, 3.63) is 35.4 Å². The molecule has 30 heavy (non-hydrogen) atoms. The Labute approximate surface area is 180 Å². The second-order valence-corrected chi connectivity index (χ2v) is 8.18. The predicted octanol–water partition coefficient (Wildman–Crippen LogP) is 2.96. The fourth-order valence-corrected chi connectivity index (χ4v) is 4.13. The number of carbonyl (C=O) groups excluding carboxylic acids is 1. The van der Waals surface area contributed by atoms with Gasteiger partial charge in [-0.3, -0.25) is 9.89 Å². The average molecular weight is 416 g/mol. The SMILES string of the molecule is CCOC(=O)N1CCC(NC(=NC)NCc2ccc(CN3CCCCC3)cc2)CC1. The fourth-order valence-electron chi connectivity index (χ4n) is 4.13. The van der Waals surface area contributed by atoms with Gasteiger partial charge in [-0.05, 0) is 56.8 Å². The van der Waals surface area contributed by atoms with Gasteiger partial charge in [0.1, 0.15) is 0 Å². The van der Waals surface area contributed by atoms with E-state index in [1.807, 2.05) is 6.92 Å². The van der Waals surface area contributed by atoms with Crippen LogP contribution in [0.2, 0.25) is 0 Å². The van der Waals surface area contributed by atoms with Crippen molar-refractivity contribution in [3.63, 3.8) is 0 Å². The number of hydrogen-bond donors (Lipinski definition) is 2. The van der Waals surface area contributed by atoms with E-state index < -0.39 is 0 Å². The molecule has 1 aromatic rings. The smallest absolute Gasteiger partial charge is 0.409 e. The standard InChI is InChI=1S/C23H37N5O2/c1-3-30-23(29)28-15-11-21(12-16-28)26-22(24-2)25-17-19-7-9-20(10-8-19)18-27-13-5-4-6-14-27/h7-10,21H,3-6,11-18H2,1-2H3,(H2,24,25,26). The third-order valence-corrected chi connectivity index (χ3v) is 5.92. The van der Waals surface area contributed by atoms with Crippen LogP contribution in [-0.4, -0.2) is 67.7 Å². The number of guanidine groups is 1. The Balaban J connectivity index is 1.39. The lowest BCUT2D eigenvalue weighted by atomic mass is 10.1. The van der Waals surface area contributed by atoms with Gasteiger partial charge in [-0.2, -0.15) is 0 Å². The molecule has 0 aliphatic carbocycles. The van der Waals surface area contributed by atoms with E-state index in [1.54, 1.807) is 11.9 Å². The molecule has 2 fully saturated rings. The summed E-state index contributed by atoms with van der Waals surface area (Å²) in [6.45, 7) is 7.94. The third kappa shape index (κ3) is 6.90. The summed E-state index contributed by atoms with van der Waals surface area (Å²) in [4.78, 5) is 20.5. The van der Waals surface area contributed by atoms with Gasteiger partial charge in [0.15, 0.2) is 5.96 Å². The molecule has 2 saturated heterocycles. The summed E-state index contributed by atoms with van der Waals surface area (Å²) in [5.41, 5.74) is 2.63. The molecular formula is C23H37N5O2. The maximum absolute atomic E-state index is 11.8. The number of carbonyl (C=O) groups is 1. The first kappa shape index (κ1) is 22.4. The number of ether oxygens (including phenoxy) is 1. The van der Waals surface area contributed by atoms with Crippen LogP contribution in [0, 0.1) is 0 Å². The lowest BCUT2D eigenvalue weighted by Gasteiger charge is -2.32. The molecule has 1 amide bonds. The number of piperidine rings is 2. The van der Waals surface area contributed by atoms with Gasteiger partial charge in [0, 0.05) is 39.3 Å². The van der Waals surface area contributed by atoms with Crippen LogP contribution in [0.25, 0.3) is 0 Å². The Kier molecular flexibility index (Phi) is 8.81. The van der Waals surface area contributed by atoms with Crippen LogP contribution in [-0.2, 0) is 17.8 Å². The summed E-state index contributed by atoms with van der Waals surface area (Å²) in [6, 6.07) is 9.21. The molecular weight excluding hydrogens is 378 g/mol. The number of nitrogens with one attached hydrogen (secondary N) is 2. The molecule has 3 rings (SSSR count). The molecule has 0 radical (unpaired) electrons. The molecule has 0 unspecified atom stereocenters. The normalized spacial score (nSPS) is 18.9. The lowest BCUT2D eigenvalue weighted by Crippen LogP contribution is -2.49. The van der Waals surface area contributed by atoms with E-state index in [4.69, 9.17) is 4.74 Å². The number of rotatable bonds is 6. The van der Waals surface area contributed by atoms with Crippen molar-refractivity contribution in [1.82, 2.24) is 20.4 Å². The average Bonchev–Trinajstić information content (AvgIpc) is 2.79. The van der Waals surface area contributed by atoms with Gasteiger partial charge < -0.3 is 20.3 Å². The Hall–Kier alpha value is -2.28. The topological polar surface area (TPSA) is 69.2 Å². The Bertz CT molecular complexity index is 677. The molecule has 2 heterocycles. The van der Waals surface area contributed by atoms with Gasteiger partial charge in [0.05, 0.1) is 6.61 Å². The minimum absolute atomic E-state index is 0.206. The molecule has 7 heteroatoms. The second kappa shape index (κ2) is 11.8. The molecule has 7 nitrogen and oxygen atoms in total. The van der Waals surface area contributed by atoms with E-state index >= 15 is 0 Å². The van der Waals surface area contributed by atoms with Gasteiger partial charge in [-0.15, -0.1) is 0 Å². The van der Waals surface area contributed by atoms with E-state index in [0.717, 1.165) is 31.9 Å². The molecule has 0 atom stereocenters. The third-order valence-electron chi connectivity index (χ3n) is 5.92. The first-order valence-corrected chi connectivity index (χ1v) is 11.4. The summed E-state index contributed by atoms with van der Waals surface area (Å²) in [5.74, 6) is 0.807. The molecule has 2 N–H and O–H groups in total. The van der Waals surface area contributed by atoms with Crippen molar-refractivity contribution in [2.24, 2.45) is 4.99 Å². The molecule has 0 aromatic heterocycles. The molecule has 1 aromatic carbocycles. The molecule has 2 aliphatic rings. The van der Waals surface area contributed by atoms with Gasteiger partial charge >= 0.3 is 6.09 Å². The molecule has 0 saturated carbocycles. The maximum atomic E-state index is 11.8. The highest BCUT2D eigenvalue weighted by atomic mass is 16.6. The van der Waals surface area contributed by atoms with Crippen molar-refractivity contribution in [3.8, 4) is 0 Å². The molecule has 2 aliphatic heterocycles. The lowest BCUT2D eigenvalue weighted by molar-refractivity contribution is 0.0963. The van der Waals surface area contributed by atoms with Crippen LogP contribution in [0.3, 0.4) is 0 Å². The summed E-state index contributed by atoms with van der Waals surface area (Å²) in [7, 11) is 1.80. The summed E-state index contributed by atoms with van der Waals surface area (Å²) in [5, 5.41) is 6.90. The van der Waals surface area contributed by atoms with Crippen LogP contribution < -0.4 is 10.6 Å². The molecule has 166 valence electrons. The minimum Gasteiger partial charge on any atom is -0.450 e. The van der Waals surface area contributed by atoms with E-state index in [-0.39, 0.29) is 6.09 Å². The number of hydrogen-bond acceptors (Lipinski definition) is 4. The zero-order chi connectivity index (χ0) is 21.2. The van der Waals surface area contributed by atoms with Crippen molar-refractivity contribution in [2.45, 2.75) is 58.2 Å². The van der Waals surface area contributed by atoms with Crippen LogP contribution >= 0.6 is 0 Å². The zero-order valence-electron chi connectivity index (χ0n) is 18.5. The van der Waals surface area contributed by atoms with Gasteiger partial charge in [-0.1, -0.05) is 30.7 Å². The Morgan fingerprint density at radius 2 is 1.73 bits per heavy atom. The summed E-state index contributed by atoms with van der Waals surface area (Å²) in [6.07, 6.45) is 5.62. The van der Waals surface area contributed by atoms with Gasteiger partial charge in [0.2, 0.25) is 0 Å². The highest BCUT2D eigenvalue weighted by Gasteiger charge is 2.24. The quantitative estimate of drug-likeness (QED) is 0.552. The number of aliphatic imine (C=N–C) groups is 1. The van der Waals surface area contributed by atoms with Gasteiger partial charge in [0.25, 0.3) is 0 Å². The summed E-state index contributed by atoms with van der Waals surface area (Å²) < 4.78 is 5.09.